The summed E-state index contributed by atoms with van der Waals surface area (Å²) in [4.78, 5) is 9.05. The number of rotatable bonds is 6. The number of hydrogen-bond acceptors (Lipinski definition) is 5. The van der Waals surface area contributed by atoms with Gasteiger partial charge < -0.3 is 9.47 Å². The molecule has 2 heterocycles. The first-order chi connectivity index (χ1) is 11.8. The zero-order chi connectivity index (χ0) is 16.8. The van der Waals surface area contributed by atoms with Gasteiger partial charge in [0.2, 0.25) is 0 Å². The predicted molar refractivity (Wildman–Crippen MR) is 94.3 cm³/mol. The van der Waals surface area contributed by atoms with E-state index in [1.165, 1.54) is 11.1 Å². The number of hydrogen-bond donors (Lipinski definition) is 0. The van der Waals surface area contributed by atoms with Crippen molar-refractivity contribution < 1.29 is 9.47 Å². The predicted octanol–water partition coefficient (Wildman–Crippen LogP) is 2.42. The third kappa shape index (κ3) is 4.04. The summed E-state index contributed by atoms with van der Waals surface area (Å²) in [6.07, 6.45) is 3.72. The standard InChI is InChI=1S/C19H25N3O2/c1-23-18-5-3-4-17(19(18)24-2)15-22-12-10-21(11-13-22)14-16-6-8-20-9-7-16/h3-9H,10-15H2,1-2H3. The van der Waals surface area contributed by atoms with E-state index in [4.69, 9.17) is 9.47 Å². The first-order valence-electron chi connectivity index (χ1n) is 8.33. The van der Waals surface area contributed by atoms with Crippen LogP contribution >= 0.6 is 0 Å². The molecule has 0 N–H and O–H groups in total. The van der Waals surface area contributed by atoms with Crippen LogP contribution in [0.5, 0.6) is 11.5 Å². The van der Waals surface area contributed by atoms with E-state index in [1.807, 2.05) is 24.5 Å². The van der Waals surface area contributed by atoms with E-state index in [9.17, 15) is 0 Å². The average molecular weight is 327 g/mol. The maximum Gasteiger partial charge on any atom is 0.165 e. The summed E-state index contributed by atoms with van der Waals surface area (Å²) in [6.45, 7) is 6.17. The summed E-state index contributed by atoms with van der Waals surface area (Å²) in [6, 6.07) is 10.3. The lowest BCUT2D eigenvalue weighted by atomic mass is 10.1. The summed E-state index contributed by atoms with van der Waals surface area (Å²) < 4.78 is 10.9. The second kappa shape index (κ2) is 8.13. The molecule has 5 nitrogen and oxygen atoms in total. The van der Waals surface area contributed by atoms with Gasteiger partial charge in [-0.05, 0) is 23.8 Å². The van der Waals surface area contributed by atoms with Gasteiger partial charge in [-0.1, -0.05) is 12.1 Å². The van der Waals surface area contributed by atoms with Crippen molar-refractivity contribution in [3.05, 3.63) is 53.9 Å². The zero-order valence-electron chi connectivity index (χ0n) is 14.4. The van der Waals surface area contributed by atoms with Crippen molar-refractivity contribution in [1.82, 2.24) is 14.8 Å². The van der Waals surface area contributed by atoms with Crippen molar-refractivity contribution in [3.8, 4) is 11.5 Å². The normalized spacial score (nSPS) is 16.1. The number of methoxy groups -OCH3 is 2. The van der Waals surface area contributed by atoms with Gasteiger partial charge in [0.1, 0.15) is 0 Å². The number of ether oxygens (including phenoxy) is 2. The lowest BCUT2D eigenvalue weighted by molar-refractivity contribution is 0.121. The highest BCUT2D eigenvalue weighted by Crippen LogP contribution is 2.31. The molecule has 1 fully saturated rings. The van der Waals surface area contributed by atoms with Crippen molar-refractivity contribution >= 4 is 0 Å². The summed E-state index contributed by atoms with van der Waals surface area (Å²) in [7, 11) is 3.38. The van der Waals surface area contributed by atoms with Crippen molar-refractivity contribution in [1.29, 1.82) is 0 Å². The van der Waals surface area contributed by atoms with Crippen molar-refractivity contribution in [3.63, 3.8) is 0 Å². The van der Waals surface area contributed by atoms with Crippen LogP contribution < -0.4 is 9.47 Å². The van der Waals surface area contributed by atoms with Crippen LogP contribution in [0, 0.1) is 0 Å². The zero-order valence-corrected chi connectivity index (χ0v) is 14.4. The van der Waals surface area contributed by atoms with Gasteiger partial charge in [-0.15, -0.1) is 0 Å². The molecule has 2 aromatic rings. The second-order valence-electron chi connectivity index (χ2n) is 6.06. The van der Waals surface area contributed by atoms with E-state index in [2.05, 4.69) is 33.0 Å². The fourth-order valence-corrected chi connectivity index (χ4v) is 3.17. The van der Waals surface area contributed by atoms with E-state index in [0.29, 0.717) is 0 Å². The SMILES string of the molecule is COc1cccc(CN2CCN(Cc3ccncc3)CC2)c1OC. The minimum atomic E-state index is 0.798. The van der Waals surface area contributed by atoms with Gasteiger partial charge in [-0.25, -0.2) is 0 Å². The Morgan fingerprint density at radius 3 is 2.17 bits per heavy atom. The minimum Gasteiger partial charge on any atom is -0.493 e. The lowest BCUT2D eigenvalue weighted by Crippen LogP contribution is -2.45. The Labute approximate surface area is 143 Å². The van der Waals surface area contributed by atoms with E-state index < -0.39 is 0 Å². The molecule has 24 heavy (non-hydrogen) atoms. The molecular weight excluding hydrogens is 302 g/mol. The van der Waals surface area contributed by atoms with Crippen LogP contribution in [0.3, 0.4) is 0 Å². The van der Waals surface area contributed by atoms with Crippen LogP contribution in [-0.4, -0.2) is 55.2 Å². The third-order valence-electron chi connectivity index (χ3n) is 4.50. The van der Waals surface area contributed by atoms with Crippen LogP contribution in [0.15, 0.2) is 42.7 Å². The van der Waals surface area contributed by atoms with E-state index in [-0.39, 0.29) is 0 Å². The van der Waals surface area contributed by atoms with Gasteiger partial charge in [-0.2, -0.15) is 0 Å². The van der Waals surface area contributed by atoms with Crippen LogP contribution in [0.4, 0.5) is 0 Å². The van der Waals surface area contributed by atoms with Gasteiger partial charge in [0, 0.05) is 57.2 Å². The largest absolute Gasteiger partial charge is 0.493 e. The quantitative estimate of drug-likeness (QED) is 0.814. The lowest BCUT2D eigenvalue weighted by Gasteiger charge is -2.35. The van der Waals surface area contributed by atoms with Crippen molar-refractivity contribution in [2.75, 3.05) is 40.4 Å². The van der Waals surface area contributed by atoms with E-state index in [1.54, 1.807) is 14.2 Å². The Kier molecular flexibility index (Phi) is 5.67. The molecule has 0 aliphatic carbocycles. The number of aromatic nitrogens is 1. The van der Waals surface area contributed by atoms with Crippen molar-refractivity contribution in [2.24, 2.45) is 0 Å². The molecule has 0 atom stereocenters. The molecule has 1 saturated heterocycles. The Balaban J connectivity index is 1.56. The molecule has 0 bridgehead atoms. The molecule has 128 valence electrons. The number of pyridine rings is 1. The summed E-state index contributed by atoms with van der Waals surface area (Å²) in [5.74, 6) is 1.64. The maximum absolute atomic E-state index is 5.54. The fourth-order valence-electron chi connectivity index (χ4n) is 3.17. The number of piperazine rings is 1. The second-order valence-corrected chi connectivity index (χ2v) is 6.06. The Hall–Kier alpha value is -2.11. The molecule has 3 rings (SSSR count). The number of para-hydroxylation sites is 1. The molecule has 1 aliphatic rings. The van der Waals surface area contributed by atoms with Crippen LogP contribution in [0.25, 0.3) is 0 Å². The minimum absolute atomic E-state index is 0.798. The van der Waals surface area contributed by atoms with Gasteiger partial charge in [0.05, 0.1) is 14.2 Å². The smallest absolute Gasteiger partial charge is 0.165 e. The Bertz CT molecular complexity index is 640. The molecule has 0 spiro atoms. The fraction of sp³-hybridized carbons (Fsp3) is 0.421. The topological polar surface area (TPSA) is 37.8 Å². The molecule has 1 aromatic carbocycles. The third-order valence-corrected chi connectivity index (χ3v) is 4.50. The number of benzene rings is 1. The molecule has 1 aromatic heterocycles. The molecule has 1 aliphatic heterocycles. The van der Waals surface area contributed by atoms with E-state index in [0.717, 1.165) is 50.8 Å². The molecule has 0 unspecified atom stereocenters. The summed E-state index contributed by atoms with van der Waals surface area (Å²) >= 11 is 0. The van der Waals surface area contributed by atoms with Crippen LogP contribution in [-0.2, 0) is 13.1 Å². The molecule has 0 saturated carbocycles. The van der Waals surface area contributed by atoms with Gasteiger partial charge in [0.15, 0.2) is 11.5 Å². The first-order valence-corrected chi connectivity index (χ1v) is 8.33. The Morgan fingerprint density at radius 1 is 0.875 bits per heavy atom. The molecule has 5 heteroatoms. The molecule has 0 radical (unpaired) electrons. The summed E-state index contributed by atoms with van der Waals surface area (Å²) in [5.41, 5.74) is 2.51. The van der Waals surface area contributed by atoms with Crippen LogP contribution in [0.2, 0.25) is 0 Å². The Morgan fingerprint density at radius 2 is 1.54 bits per heavy atom. The van der Waals surface area contributed by atoms with Gasteiger partial charge in [0.25, 0.3) is 0 Å². The molecule has 0 amide bonds. The summed E-state index contributed by atoms with van der Waals surface area (Å²) in [5, 5.41) is 0. The van der Waals surface area contributed by atoms with Crippen LogP contribution in [0.1, 0.15) is 11.1 Å². The van der Waals surface area contributed by atoms with Gasteiger partial charge in [-0.3, -0.25) is 14.8 Å². The first kappa shape index (κ1) is 16.7. The van der Waals surface area contributed by atoms with E-state index >= 15 is 0 Å². The highest BCUT2D eigenvalue weighted by molar-refractivity contribution is 5.46. The highest BCUT2D eigenvalue weighted by Gasteiger charge is 2.19. The molecular formula is C19H25N3O2. The van der Waals surface area contributed by atoms with Gasteiger partial charge >= 0.3 is 0 Å². The number of nitrogens with zero attached hydrogens (tertiary/aromatic N) is 3. The maximum atomic E-state index is 5.54. The highest BCUT2D eigenvalue weighted by atomic mass is 16.5. The average Bonchev–Trinajstić information content (AvgIpc) is 2.64. The van der Waals surface area contributed by atoms with Crippen molar-refractivity contribution in [2.45, 2.75) is 13.1 Å². The monoisotopic (exact) mass is 327 g/mol.